The molecule has 0 amide bonds. The molecule has 1 aliphatic carbocycles. The van der Waals surface area contributed by atoms with Crippen LogP contribution in [0.4, 0.5) is 5.69 Å². The summed E-state index contributed by atoms with van der Waals surface area (Å²) >= 11 is 0. The average Bonchev–Trinajstić information content (AvgIpc) is 3.00. The minimum Gasteiger partial charge on any atom is -0.444 e. The molecule has 106 valence electrons. The van der Waals surface area contributed by atoms with Crippen molar-refractivity contribution in [1.82, 2.24) is 4.98 Å². The van der Waals surface area contributed by atoms with Crippen LogP contribution >= 0.6 is 0 Å². The third-order valence-electron chi connectivity index (χ3n) is 4.24. The first-order valence-electron chi connectivity index (χ1n) is 7.54. The van der Waals surface area contributed by atoms with Crippen molar-refractivity contribution in [3.8, 4) is 11.3 Å². The normalized spacial score (nSPS) is 22.6. The lowest BCUT2D eigenvalue weighted by molar-refractivity contribution is 0.293. The van der Waals surface area contributed by atoms with Crippen molar-refractivity contribution >= 4 is 5.69 Å². The number of hydrogen-bond donors (Lipinski definition) is 1. The Hall–Kier alpha value is -1.77. The standard InChI is InChI=1S/C17H22N2O/c1-13-3-2-4-14(9-13)10-19-16-7-5-15(6-8-16)17-11-18-12-20-17/h5-8,11-14,19H,2-4,9-10H2,1H3. The molecule has 2 unspecified atom stereocenters. The molecule has 2 aromatic rings. The summed E-state index contributed by atoms with van der Waals surface area (Å²) in [7, 11) is 0. The van der Waals surface area contributed by atoms with E-state index in [4.69, 9.17) is 4.42 Å². The fourth-order valence-electron chi connectivity index (χ4n) is 3.12. The van der Waals surface area contributed by atoms with Crippen LogP contribution in [-0.2, 0) is 0 Å². The first-order valence-corrected chi connectivity index (χ1v) is 7.54. The van der Waals surface area contributed by atoms with Gasteiger partial charge in [0.2, 0.25) is 0 Å². The maximum Gasteiger partial charge on any atom is 0.181 e. The van der Waals surface area contributed by atoms with E-state index in [0.717, 1.165) is 29.7 Å². The molecule has 0 radical (unpaired) electrons. The largest absolute Gasteiger partial charge is 0.444 e. The molecular formula is C17H22N2O. The first kappa shape index (κ1) is 13.2. The van der Waals surface area contributed by atoms with E-state index in [2.05, 4.69) is 41.5 Å². The SMILES string of the molecule is CC1CCCC(CNc2ccc(-c3cnco3)cc2)C1. The van der Waals surface area contributed by atoms with Crippen molar-refractivity contribution in [1.29, 1.82) is 0 Å². The van der Waals surface area contributed by atoms with Crippen LogP contribution in [0, 0.1) is 11.8 Å². The van der Waals surface area contributed by atoms with Crippen molar-refractivity contribution in [3.05, 3.63) is 36.9 Å². The van der Waals surface area contributed by atoms with E-state index in [-0.39, 0.29) is 0 Å². The lowest BCUT2D eigenvalue weighted by Crippen LogP contribution is -2.20. The number of anilines is 1. The van der Waals surface area contributed by atoms with Crippen LogP contribution in [0.25, 0.3) is 11.3 Å². The molecule has 1 heterocycles. The van der Waals surface area contributed by atoms with E-state index in [9.17, 15) is 0 Å². The number of benzene rings is 1. The summed E-state index contributed by atoms with van der Waals surface area (Å²) in [5, 5.41) is 3.56. The molecular weight excluding hydrogens is 248 g/mol. The molecule has 3 rings (SSSR count). The van der Waals surface area contributed by atoms with Crippen molar-refractivity contribution in [2.24, 2.45) is 11.8 Å². The molecule has 20 heavy (non-hydrogen) atoms. The van der Waals surface area contributed by atoms with Crippen molar-refractivity contribution in [3.63, 3.8) is 0 Å². The Balaban J connectivity index is 1.56. The maximum atomic E-state index is 5.29. The average molecular weight is 270 g/mol. The van der Waals surface area contributed by atoms with Gasteiger partial charge in [-0.2, -0.15) is 0 Å². The van der Waals surface area contributed by atoms with E-state index in [1.807, 2.05) is 0 Å². The number of aromatic nitrogens is 1. The van der Waals surface area contributed by atoms with Gasteiger partial charge in [-0.1, -0.05) is 19.8 Å². The summed E-state index contributed by atoms with van der Waals surface area (Å²) in [6.45, 7) is 3.46. The second-order valence-corrected chi connectivity index (χ2v) is 5.96. The summed E-state index contributed by atoms with van der Waals surface area (Å²) in [5.74, 6) is 2.54. The Morgan fingerprint density at radius 1 is 1.25 bits per heavy atom. The van der Waals surface area contributed by atoms with Gasteiger partial charge in [-0.25, -0.2) is 4.98 Å². The van der Waals surface area contributed by atoms with Crippen LogP contribution in [-0.4, -0.2) is 11.5 Å². The van der Waals surface area contributed by atoms with Gasteiger partial charge in [-0.15, -0.1) is 0 Å². The molecule has 3 nitrogen and oxygen atoms in total. The predicted molar refractivity (Wildman–Crippen MR) is 81.6 cm³/mol. The summed E-state index contributed by atoms with van der Waals surface area (Å²) < 4.78 is 5.29. The van der Waals surface area contributed by atoms with Crippen LogP contribution in [0.2, 0.25) is 0 Å². The molecule has 3 heteroatoms. The molecule has 1 aromatic carbocycles. The number of nitrogens with zero attached hydrogens (tertiary/aromatic N) is 1. The van der Waals surface area contributed by atoms with Crippen molar-refractivity contribution in [2.75, 3.05) is 11.9 Å². The van der Waals surface area contributed by atoms with E-state index in [1.54, 1.807) is 6.20 Å². The van der Waals surface area contributed by atoms with Gasteiger partial charge in [0, 0.05) is 17.8 Å². The van der Waals surface area contributed by atoms with Gasteiger partial charge >= 0.3 is 0 Å². The van der Waals surface area contributed by atoms with Gasteiger partial charge in [-0.05, 0) is 48.9 Å². The third-order valence-corrected chi connectivity index (χ3v) is 4.24. The smallest absolute Gasteiger partial charge is 0.181 e. The molecule has 0 spiro atoms. The van der Waals surface area contributed by atoms with Gasteiger partial charge in [0.05, 0.1) is 6.20 Å². The van der Waals surface area contributed by atoms with E-state index in [1.165, 1.54) is 37.8 Å². The second-order valence-electron chi connectivity index (χ2n) is 5.96. The highest BCUT2D eigenvalue weighted by Crippen LogP contribution is 2.29. The predicted octanol–water partition coefficient (Wildman–Crippen LogP) is 4.58. The molecule has 1 N–H and O–H groups in total. The Morgan fingerprint density at radius 2 is 2.10 bits per heavy atom. The van der Waals surface area contributed by atoms with Crippen LogP contribution in [0.5, 0.6) is 0 Å². The van der Waals surface area contributed by atoms with Crippen molar-refractivity contribution < 1.29 is 4.42 Å². The molecule has 1 fully saturated rings. The zero-order valence-corrected chi connectivity index (χ0v) is 12.0. The summed E-state index contributed by atoms with van der Waals surface area (Å²) in [4.78, 5) is 3.94. The summed E-state index contributed by atoms with van der Waals surface area (Å²) in [6.07, 6.45) is 8.73. The fourth-order valence-corrected chi connectivity index (χ4v) is 3.12. The van der Waals surface area contributed by atoms with Crippen LogP contribution < -0.4 is 5.32 Å². The van der Waals surface area contributed by atoms with Gasteiger partial charge in [0.25, 0.3) is 0 Å². The highest BCUT2D eigenvalue weighted by atomic mass is 16.3. The zero-order chi connectivity index (χ0) is 13.8. The minimum atomic E-state index is 0.817. The van der Waals surface area contributed by atoms with Gasteiger partial charge in [-0.3, -0.25) is 0 Å². The molecule has 1 aromatic heterocycles. The first-order chi connectivity index (χ1) is 9.81. The number of nitrogens with one attached hydrogen (secondary N) is 1. The molecule has 0 aliphatic heterocycles. The summed E-state index contributed by atoms with van der Waals surface area (Å²) in [5.41, 5.74) is 2.26. The Kier molecular flexibility index (Phi) is 4.05. The second kappa shape index (κ2) is 6.12. The summed E-state index contributed by atoms with van der Waals surface area (Å²) in [6, 6.07) is 8.38. The van der Waals surface area contributed by atoms with E-state index < -0.39 is 0 Å². The molecule has 1 aliphatic rings. The van der Waals surface area contributed by atoms with Crippen LogP contribution in [0.1, 0.15) is 32.6 Å². The number of oxazole rings is 1. The fraction of sp³-hybridized carbons (Fsp3) is 0.471. The zero-order valence-electron chi connectivity index (χ0n) is 12.0. The van der Waals surface area contributed by atoms with Crippen LogP contribution in [0.15, 0.2) is 41.3 Å². The third kappa shape index (κ3) is 3.21. The quantitative estimate of drug-likeness (QED) is 0.883. The molecule has 0 bridgehead atoms. The molecule has 1 saturated carbocycles. The van der Waals surface area contributed by atoms with E-state index in [0.29, 0.717) is 0 Å². The lowest BCUT2D eigenvalue weighted by Gasteiger charge is -2.27. The number of rotatable bonds is 4. The van der Waals surface area contributed by atoms with Crippen LogP contribution in [0.3, 0.4) is 0 Å². The van der Waals surface area contributed by atoms with Crippen molar-refractivity contribution in [2.45, 2.75) is 32.6 Å². The maximum absolute atomic E-state index is 5.29. The van der Waals surface area contributed by atoms with E-state index >= 15 is 0 Å². The highest BCUT2D eigenvalue weighted by molar-refractivity contribution is 5.60. The Labute approximate surface area is 120 Å². The molecule has 2 atom stereocenters. The Morgan fingerprint density at radius 3 is 2.80 bits per heavy atom. The monoisotopic (exact) mass is 270 g/mol. The Bertz CT molecular complexity index is 518. The lowest BCUT2D eigenvalue weighted by atomic mass is 9.82. The van der Waals surface area contributed by atoms with Gasteiger partial charge < -0.3 is 9.73 Å². The highest BCUT2D eigenvalue weighted by Gasteiger charge is 2.18. The minimum absolute atomic E-state index is 0.817. The number of hydrogen-bond acceptors (Lipinski definition) is 3. The molecule has 0 saturated heterocycles. The topological polar surface area (TPSA) is 38.1 Å². The van der Waals surface area contributed by atoms with Gasteiger partial charge in [0.1, 0.15) is 0 Å². The van der Waals surface area contributed by atoms with Gasteiger partial charge in [0.15, 0.2) is 12.2 Å².